The molecule has 0 bridgehead atoms. The summed E-state index contributed by atoms with van der Waals surface area (Å²) >= 11 is -2.06. The second-order valence-electron chi connectivity index (χ2n) is 2.55. The van der Waals surface area contributed by atoms with Gasteiger partial charge in [0.05, 0.1) is 0 Å². The minimum absolute atomic E-state index is 0.284. The number of carbonyl (C=O) groups is 1. The summed E-state index contributed by atoms with van der Waals surface area (Å²) in [5.41, 5.74) is 0. The van der Waals surface area contributed by atoms with Crippen LogP contribution in [-0.2, 0) is 20.6 Å². The van der Waals surface area contributed by atoms with Crippen LogP contribution in [0.15, 0.2) is 0 Å². The molecule has 0 aromatic carbocycles. The molecular weight excluding hydrogens is 182 g/mol. The predicted octanol–water partition coefficient (Wildman–Crippen LogP) is -0.539. The highest BCUT2D eigenvalue weighted by Crippen LogP contribution is 2.06. The van der Waals surface area contributed by atoms with Crippen molar-refractivity contribution in [3.05, 3.63) is 0 Å². The van der Waals surface area contributed by atoms with Crippen LogP contribution in [0, 0.1) is 0 Å². The number of ether oxygens (including phenoxy) is 1. The van der Waals surface area contributed by atoms with Gasteiger partial charge in [-0.15, -0.1) is 0 Å². The fraction of sp³-hybridized carbons (Fsp3) is 0.833. The first-order valence-corrected chi connectivity index (χ1v) is 4.95. The Morgan fingerprint density at radius 2 is 2.50 bits per heavy atom. The summed E-state index contributed by atoms with van der Waals surface area (Å²) in [6.07, 6.45) is 1.69. The van der Waals surface area contributed by atoms with E-state index < -0.39 is 23.0 Å². The van der Waals surface area contributed by atoms with E-state index in [2.05, 4.69) is 10.1 Å². The molecule has 0 spiro atoms. The summed E-state index contributed by atoms with van der Waals surface area (Å²) < 4.78 is 23.0. The molecule has 0 aromatic heterocycles. The van der Waals surface area contributed by atoms with Crippen LogP contribution in [-0.4, -0.2) is 33.3 Å². The minimum Gasteiger partial charge on any atom is -0.448 e. The maximum Gasteiger partial charge on any atom is 0.324 e. The van der Waals surface area contributed by atoms with Gasteiger partial charge in [-0.25, -0.2) is 4.21 Å². The van der Waals surface area contributed by atoms with Crippen molar-refractivity contribution < 1.29 is 18.3 Å². The van der Waals surface area contributed by atoms with Crippen molar-refractivity contribution in [2.75, 3.05) is 12.5 Å². The van der Waals surface area contributed by atoms with Gasteiger partial charge in [0.2, 0.25) is 0 Å². The molecule has 0 aliphatic carbocycles. The van der Waals surface area contributed by atoms with Gasteiger partial charge in [-0.2, -0.15) is 0 Å². The topological polar surface area (TPSA) is 75.6 Å². The number of esters is 1. The summed E-state index contributed by atoms with van der Waals surface area (Å²) in [6.45, 7) is 0.808. The van der Waals surface area contributed by atoms with Crippen LogP contribution >= 0.6 is 0 Å². The van der Waals surface area contributed by atoms with Gasteiger partial charge in [0.25, 0.3) is 0 Å². The molecule has 1 aliphatic heterocycles. The van der Waals surface area contributed by atoms with Gasteiger partial charge < -0.3 is 14.6 Å². The molecule has 1 saturated heterocycles. The van der Waals surface area contributed by atoms with Crippen LogP contribution in [0.1, 0.15) is 12.8 Å². The van der Waals surface area contributed by atoms with E-state index >= 15 is 0 Å². The second kappa shape index (κ2) is 4.54. The first-order valence-electron chi connectivity index (χ1n) is 3.67. The molecule has 1 fully saturated rings. The largest absolute Gasteiger partial charge is 0.448 e. The normalized spacial score (nSPS) is 25.2. The first-order chi connectivity index (χ1) is 5.70. The van der Waals surface area contributed by atoms with E-state index in [1.165, 1.54) is 0 Å². The Balaban J connectivity index is 2.23. The van der Waals surface area contributed by atoms with Crippen LogP contribution in [0.3, 0.4) is 0 Å². The standard InChI is InChI=1S/C6H11NO4S/c8-6(11-4-12(9)10)5-2-1-3-7-5/h5,7H,1-4H2,(H,9,10). The van der Waals surface area contributed by atoms with Crippen molar-refractivity contribution >= 4 is 17.0 Å². The van der Waals surface area contributed by atoms with E-state index in [1.807, 2.05) is 0 Å². The molecule has 1 aliphatic rings. The van der Waals surface area contributed by atoms with E-state index in [-0.39, 0.29) is 6.04 Å². The van der Waals surface area contributed by atoms with Crippen LogP contribution in [0.25, 0.3) is 0 Å². The zero-order valence-corrected chi connectivity index (χ0v) is 7.30. The van der Waals surface area contributed by atoms with Crippen molar-refractivity contribution in [3.63, 3.8) is 0 Å². The lowest BCUT2D eigenvalue weighted by molar-refractivity contribution is -0.143. The number of hydrogen-bond acceptors (Lipinski definition) is 4. The molecule has 2 atom stereocenters. The molecule has 70 valence electrons. The van der Waals surface area contributed by atoms with Crippen LogP contribution < -0.4 is 5.32 Å². The molecule has 2 N–H and O–H groups in total. The maximum atomic E-state index is 11.0. The van der Waals surface area contributed by atoms with Gasteiger partial charge >= 0.3 is 5.97 Å². The first kappa shape index (κ1) is 9.63. The highest BCUT2D eigenvalue weighted by atomic mass is 32.2. The van der Waals surface area contributed by atoms with Gasteiger partial charge in [-0.05, 0) is 19.4 Å². The molecule has 12 heavy (non-hydrogen) atoms. The molecule has 0 saturated carbocycles. The number of rotatable bonds is 3. The van der Waals surface area contributed by atoms with Crippen LogP contribution in [0.5, 0.6) is 0 Å². The quantitative estimate of drug-likeness (QED) is 0.465. The Kier molecular flexibility index (Phi) is 3.64. The Bertz CT molecular complexity index is 190. The van der Waals surface area contributed by atoms with Crippen LogP contribution in [0.2, 0.25) is 0 Å². The van der Waals surface area contributed by atoms with E-state index in [0.717, 1.165) is 19.4 Å². The van der Waals surface area contributed by atoms with Crippen molar-refractivity contribution in [1.29, 1.82) is 0 Å². The lowest BCUT2D eigenvalue weighted by Crippen LogP contribution is -2.32. The molecular formula is C6H11NO4S. The molecule has 1 heterocycles. The summed E-state index contributed by atoms with van der Waals surface area (Å²) in [5.74, 6) is -0.869. The second-order valence-corrected chi connectivity index (χ2v) is 3.43. The molecule has 0 amide bonds. The smallest absolute Gasteiger partial charge is 0.324 e. The zero-order valence-electron chi connectivity index (χ0n) is 6.49. The molecule has 5 nitrogen and oxygen atoms in total. The van der Waals surface area contributed by atoms with E-state index in [1.54, 1.807) is 0 Å². The molecule has 1 rings (SSSR count). The predicted molar refractivity (Wildman–Crippen MR) is 42.8 cm³/mol. The summed E-state index contributed by atoms with van der Waals surface area (Å²) in [5, 5.41) is 2.92. The van der Waals surface area contributed by atoms with Gasteiger partial charge in [0.15, 0.2) is 17.0 Å². The molecule has 2 unspecified atom stereocenters. The minimum atomic E-state index is -2.06. The maximum absolute atomic E-state index is 11.0. The Morgan fingerprint density at radius 1 is 1.75 bits per heavy atom. The fourth-order valence-electron chi connectivity index (χ4n) is 1.09. The zero-order chi connectivity index (χ0) is 8.97. The Morgan fingerprint density at radius 3 is 3.00 bits per heavy atom. The third-order valence-electron chi connectivity index (χ3n) is 1.65. The average molecular weight is 193 g/mol. The third kappa shape index (κ3) is 2.88. The van der Waals surface area contributed by atoms with Gasteiger partial charge in [0, 0.05) is 0 Å². The average Bonchev–Trinajstić information content (AvgIpc) is 2.51. The summed E-state index contributed by atoms with van der Waals surface area (Å²) in [7, 11) is 0. The Hall–Kier alpha value is -0.460. The van der Waals surface area contributed by atoms with E-state index in [4.69, 9.17) is 4.55 Å². The highest BCUT2D eigenvalue weighted by Gasteiger charge is 2.23. The molecule has 0 radical (unpaired) electrons. The number of hydrogen-bond donors (Lipinski definition) is 2. The van der Waals surface area contributed by atoms with Gasteiger partial charge in [0.1, 0.15) is 6.04 Å². The SMILES string of the molecule is O=C(OCS(=O)O)C1CCCN1. The fourth-order valence-corrected chi connectivity index (χ4v) is 1.31. The van der Waals surface area contributed by atoms with E-state index in [9.17, 15) is 9.00 Å². The lowest BCUT2D eigenvalue weighted by atomic mass is 10.2. The van der Waals surface area contributed by atoms with Crippen molar-refractivity contribution in [3.8, 4) is 0 Å². The van der Waals surface area contributed by atoms with Crippen molar-refractivity contribution in [1.82, 2.24) is 5.32 Å². The van der Waals surface area contributed by atoms with Gasteiger partial charge in [-0.3, -0.25) is 4.79 Å². The monoisotopic (exact) mass is 193 g/mol. The van der Waals surface area contributed by atoms with Crippen molar-refractivity contribution in [2.45, 2.75) is 18.9 Å². The van der Waals surface area contributed by atoms with Gasteiger partial charge in [-0.1, -0.05) is 0 Å². The number of nitrogens with one attached hydrogen (secondary N) is 1. The van der Waals surface area contributed by atoms with Crippen molar-refractivity contribution in [2.24, 2.45) is 0 Å². The Labute approximate surface area is 72.8 Å². The third-order valence-corrected chi connectivity index (χ3v) is 1.97. The van der Waals surface area contributed by atoms with E-state index in [0.29, 0.717) is 0 Å². The summed E-state index contributed by atoms with van der Waals surface area (Å²) in [6, 6.07) is -0.284. The molecule has 0 aromatic rings. The van der Waals surface area contributed by atoms with Crippen LogP contribution in [0.4, 0.5) is 0 Å². The lowest BCUT2D eigenvalue weighted by Gasteiger charge is -2.07. The summed E-state index contributed by atoms with van der Waals surface area (Å²) in [4.78, 5) is 11.0. The highest BCUT2D eigenvalue weighted by molar-refractivity contribution is 7.79. The molecule has 6 heteroatoms. The number of carbonyl (C=O) groups excluding carboxylic acids is 1.